The summed E-state index contributed by atoms with van der Waals surface area (Å²) >= 11 is 0. The van der Waals surface area contributed by atoms with Crippen molar-refractivity contribution in [2.45, 2.75) is 19.9 Å². The summed E-state index contributed by atoms with van der Waals surface area (Å²) in [7, 11) is 1.83. The fourth-order valence-corrected chi connectivity index (χ4v) is 3.17. The highest BCUT2D eigenvalue weighted by Crippen LogP contribution is 2.30. The maximum atomic E-state index is 14.0. The zero-order valence-corrected chi connectivity index (χ0v) is 13.8. The molecule has 0 unspecified atom stereocenters. The zero-order chi connectivity index (χ0) is 17.4. The molecule has 7 heteroatoms. The normalized spacial score (nSPS) is 18.0. The quantitative estimate of drug-likeness (QED) is 0.847. The number of morpholine rings is 1. The first-order valence-corrected chi connectivity index (χ1v) is 7.74. The van der Waals surface area contributed by atoms with Crippen molar-refractivity contribution < 1.29 is 18.3 Å². The summed E-state index contributed by atoms with van der Waals surface area (Å²) in [5, 5.41) is 4.37. The largest absolute Gasteiger partial charge is 0.377 e. The van der Waals surface area contributed by atoms with Crippen LogP contribution in [0.5, 0.6) is 0 Å². The molecule has 0 aliphatic carbocycles. The number of halogens is 2. The van der Waals surface area contributed by atoms with Gasteiger partial charge < -0.3 is 9.64 Å². The van der Waals surface area contributed by atoms with Crippen LogP contribution in [-0.2, 0) is 11.8 Å². The highest BCUT2D eigenvalue weighted by molar-refractivity contribution is 5.95. The molecule has 2 aromatic rings. The molecule has 1 aromatic carbocycles. The maximum absolute atomic E-state index is 14.0. The highest BCUT2D eigenvalue weighted by atomic mass is 19.1. The molecular formula is C17H19F2N3O2. The molecule has 0 bridgehead atoms. The lowest BCUT2D eigenvalue weighted by atomic mass is 10.0. The molecule has 0 saturated carbocycles. The average Bonchev–Trinajstić information content (AvgIpc) is 2.81. The number of carbonyl (C=O) groups excluding carboxylic acids is 1. The van der Waals surface area contributed by atoms with E-state index in [9.17, 15) is 13.6 Å². The van der Waals surface area contributed by atoms with Crippen molar-refractivity contribution >= 4 is 5.91 Å². The van der Waals surface area contributed by atoms with Crippen LogP contribution in [0.25, 0.3) is 0 Å². The van der Waals surface area contributed by atoms with E-state index >= 15 is 0 Å². The Labute approximate surface area is 138 Å². The molecule has 0 radical (unpaired) electrons. The van der Waals surface area contributed by atoms with Crippen LogP contribution >= 0.6 is 0 Å². The predicted octanol–water partition coefficient (Wildman–Crippen LogP) is 2.53. The summed E-state index contributed by atoms with van der Waals surface area (Å²) in [4.78, 5) is 14.4. The third kappa shape index (κ3) is 2.80. The second-order valence-corrected chi connectivity index (χ2v) is 5.92. The van der Waals surface area contributed by atoms with Gasteiger partial charge >= 0.3 is 0 Å². The molecule has 3 rings (SSSR count). The molecule has 1 saturated heterocycles. The number of rotatable bonds is 2. The van der Waals surface area contributed by atoms with Gasteiger partial charge in [0.15, 0.2) is 0 Å². The molecule has 2 heterocycles. The van der Waals surface area contributed by atoms with Gasteiger partial charge in [0.1, 0.15) is 11.6 Å². The lowest BCUT2D eigenvalue weighted by Crippen LogP contribution is -2.44. The fourth-order valence-electron chi connectivity index (χ4n) is 3.17. The molecule has 5 nitrogen and oxygen atoms in total. The topological polar surface area (TPSA) is 47.4 Å². The molecule has 0 N–H and O–H groups in total. The standard InChI is InChI=1S/C17H19F2N3O2/c1-10-16(11(2)21(3)20-10)15-9-24-7-6-22(15)17(23)13-8-12(18)4-5-14(13)19/h4-5,8,15H,6-7,9H2,1-3H3/t15-/m0/s1. The van der Waals surface area contributed by atoms with Crippen molar-refractivity contribution in [3.63, 3.8) is 0 Å². The monoisotopic (exact) mass is 335 g/mol. The fraction of sp³-hybridized carbons (Fsp3) is 0.412. The number of hydrogen-bond donors (Lipinski definition) is 0. The lowest BCUT2D eigenvalue weighted by molar-refractivity contribution is -0.00330. The number of aromatic nitrogens is 2. The van der Waals surface area contributed by atoms with Gasteiger partial charge in [-0.15, -0.1) is 0 Å². The van der Waals surface area contributed by atoms with Crippen LogP contribution in [0.15, 0.2) is 18.2 Å². The van der Waals surface area contributed by atoms with E-state index in [1.165, 1.54) is 0 Å². The van der Waals surface area contributed by atoms with E-state index in [2.05, 4.69) is 5.10 Å². The van der Waals surface area contributed by atoms with Crippen LogP contribution in [0.4, 0.5) is 8.78 Å². The summed E-state index contributed by atoms with van der Waals surface area (Å²) in [6, 6.07) is 2.53. The van der Waals surface area contributed by atoms with Crippen LogP contribution < -0.4 is 0 Å². The van der Waals surface area contributed by atoms with Crippen molar-refractivity contribution in [2.24, 2.45) is 7.05 Å². The van der Waals surface area contributed by atoms with E-state index in [-0.39, 0.29) is 11.6 Å². The Hall–Kier alpha value is -2.28. The Morgan fingerprint density at radius 3 is 2.75 bits per heavy atom. The Balaban J connectivity index is 2.01. The number of amides is 1. The van der Waals surface area contributed by atoms with Crippen molar-refractivity contribution in [1.29, 1.82) is 0 Å². The van der Waals surface area contributed by atoms with Gasteiger partial charge in [-0.3, -0.25) is 9.48 Å². The molecule has 24 heavy (non-hydrogen) atoms. The Morgan fingerprint density at radius 2 is 2.08 bits per heavy atom. The zero-order valence-electron chi connectivity index (χ0n) is 13.8. The van der Waals surface area contributed by atoms with Crippen molar-refractivity contribution in [3.05, 3.63) is 52.3 Å². The summed E-state index contributed by atoms with van der Waals surface area (Å²) in [6.45, 7) is 4.75. The number of carbonyl (C=O) groups is 1. The smallest absolute Gasteiger partial charge is 0.257 e. The number of ether oxygens (including phenoxy) is 1. The van der Waals surface area contributed by atoms with Crippen LogP contribution in [0.3, 0.4) is 0 Å². The molecule has 1 amide bonds. The molecule has 1 aliphatic heterocycles. The Morgan fingerprint density at radius 1 is 1.33 bits per heavy atom. The average molecular weight is 335 g/mol. The third-order valence-electron chi connectivity index (χ3n) is 4.45. The molecule has 0 spiro atoms. The molecule has 128 valence electrons. The highest BCUT2D eigenvalue weighted by Gasteiger charge is 2.34. The second-order valence-electron chi connectivity index (χ2n) is 5.92. The van der Waals surface area contributed by atoms with Crippen molar-refractivity contribution in [1.82, 2.24) is 14.7 Å². The molecular weight excluding hydrogens is 316 g/mol. The van der Waals surface area contributed by atoms with Crippen LogP contribution in [-0.4, -0.2) is 40.3 Å². The SMILES string of the molecule is Cc1nn(C)c(C)c1[C@@H]1COCCN1C(=O)c1cc(F)ccc1F. The van der Waals surface area contributed by atoms with E-state index in [1.807, 2.05) is 20.9 Å². The minimum Gasteiger partial charge on any atom is -0.377 e. The molecule has 1 aliphatic rings. The third-order valence-corrected chi connectivity index (χ3v) is 4.45. The van der Waals surface area contributed by atoms with Gasteiger partial charge in [-0.2, -0.15) is 5.10 Å². The number of nitrogens with zero attached hydrogens (tertiary/aromatic N) is 3. The first-order chi connectivity index (χ1) is 11.4. The lowest BCUT2D eigenvalue weighted by Gasteiger charge is -2.36. The van der Waals surface area contributed by atoms with E-state index in [4.69, 9.17) is 4.74 Å². The maximum Gasteiger partial charge on any atom is 0.257 e. The molecule has 1 aromatic heterocycles. The number of benzene rings is 1. The van der Waals surface area contributed by atoms with E-state index in [1.54, 1.807) is 9.58 Å². The first kappa shape index (κ1) is 16.6. The van der Waals surface area contributed by atoms with Gasteiger partial charge in [0.25, 0.3) is 5.91 Å². The Kier molecular flexibility index (Phi) is 4.36. The first-order valence-electron chi connectivity index (χ1n) is 7.74. The summed E-state index contributed by atoms with van der Waals surface area (Å²) in [6.07, 6.45) is 0. The molecule has 1 atom stereocenters. The van der Waals surface area contributed by atoms with Crippen molar-refractivity contribution in [3.8, 4) is 0 Å². The number of aryl methyl sites for hydroxylation is 2. The van der Waals surface area contributed by atoms with Crippen LogP contribution in [0, 0.1) is 25.5 Å². The number of hydrogen-bond acceptors (Lipinski definition) is 3. The van der Waals surface area contributed by atoms with Gasteiger partial charge in [-0.25, -0.2) is 8.78 Å². The van der Waals surface area contributed by atoms with E-state index < -0.39 is 17.5 Å². The summed E-state index contributed by atoms with van der Waals surface area (Å²) in [5.41, 5.74) is 2.34. The van der Waals surface area contributed by atoms with E-state index in [0.717, 1.165) is 35.2 Å². The van der Waals surface area contributed by atoms with E-state index in [0.29, 0.717) is 19.8 Å². The van der Waals surface area contributed by atoms with Gasteiger partial charge in [0, 0.05) is 24.8 Å². The minimum atomic E-state index is -0.730. The van der Waals surface area contributed by atoms with Crippen LogP contribution in [0.2, 0.25) is 0 Å². The molecule has 1 fully saturated rings. The van der Waals surface area contributed by atoms with Gasteiger partial charge in [-0.05, 0) is 32.0 Å². The van der Waals surface area contributed by atoms with Crippen LogP contribution in [0.1, 0.15) is 33.4 Å². The van der Waals surface area contributed by atoms with Crippen molar-refractivity contribution in [2.75, 3.05) is 19.8 Å². The van der Waals surface area contributed by atoms with Gasteiger partial charge in [-0.1, -0.05) is 0 Å². The second kappa shape index (κ2) is 6.32. The minimum absolute atomic E-state index is 0.263. The summed E-state index contributed by atoms with van der Waals surface area (Å²) < 4.78 is 34.7. The summed E-state index contributed by atoms with van der Waals surface area (Å²) in [5.74, 6) is -1.91. The van der Waals surface area contributed by atoms with Gasteiger partial charge in [0.2, 0.25) is 0 Å². The van der Waals surface area contributed by atoms with Gasteiger partial charge in [0.05, 0.1) is 30.5 Å². The Bertz CT molecular complexity index is 788. The predicted molar refractivity (Wildman–Crippen MR) is 83.6 cm³/mol.